The maximum atomic E-state index is 4.35. The summed E-state index contributed by atoms with van der Waals surface area (Å²) < 4.78 is 2.21. The highest BCUT2D eigenvalue weighted by Gasteiger charge is 2.17. The summed E-state index contributed by atoms with van der Waals surface area (Å²) >= 11 is 1.85. The molecule has 0 saturated heterocycles. The van der Waals surface area contributed by atoms with Gasteiger partial charge in [0.1, 0.15) is 5.65 Å². The quantitative estimate of drug-likeness (QED) is 0.725. The number of hydrogen-bond acceptors (Lipinski definition) is 3. The van der Waals surface area contributed by atoms with Gasteiger partial charge in [-0.2, -0.15) is 5.10 Å². The van der Waals surface area contributed by atoms with Crippen LogP contribution in [-0.4, -0.2) is 24.3 Å². The van der Waals surface area contributed by atoms with Crippen LogP contribution in [0.3, 0.4) is 0 Å². The number of imidazole rings is 1. The highest BCUT2D eigenvalue weighted by Crippen LogP contribution is 2.38. The van der Waals surface area contributed by atoms with Crippen molar-refractivity contribution in [3.8, 4) is 11.1 Å². The molecule has 0 spiro atoms. The number of pyridine rings is 1. The molecular formula is C14H16N4S. The fourth-order valence-electron chi connectivity index (χ4n) is 1.98. The van der Waals surface area contributed by atoms with Crippen LogP contribution in [0.15, 0.2) is 41.9 Å². The lowest BCUT2D eigenvalue weighted by Crippen LogP contribution is -2.07. The fourth-order valence-corrected chi connectivity index (χ4v) is 3.09. The predicted octanol–water partition coefficient (Wildman–Crippen LogP) is 3.62. The van der Waals surface area contributed by atoms with Crippen molar-refractivity contribution in [3.05, 3.63) is 37.1 Å². The average Bonchev–Trinajstić information content (AvgIpc) is 2.95. The Morgan fingerprint density at radius 1 is 1.32 bits per heavy atom. The number of H-pyrrole nitrogens is 1. The minimum atomic E-state index is 0.159. The summed E-state index contributed by atoms with van der Waals surface area (Å²) in [6.07, 6.45) is 9.70. The summed E-state index contributed by atoms with van der Waals surface area (Å²) in [7, 11) is 0. The van der Waals surface area contributed by atoms with Crippen molar-refractivity contribution >= 4 is 17.4 Å². The van der Waals surface area contributed by atoms with E-state index in [0.29, 0.717) is 0 Å². The third kappa shape index (κ3) is 2.51. The van der Waals surface area contributed by atoms with E-state index in [0.717, 1.165) is 11.2 Å². The normalized spacial score (nSPS) is 12.2. The second-order valence-corrected chi connectivity index (χ2v) is 7.31. The van der Waals surface area contributed by atoms with Crippen molar-refractivity contribution in [1.82, 2.24) is 19.6 Å². The van der Waals surface area contributed by atoms with Crippen molar-refractivity contribution < 1.29 is 0 Å². The summed E-state index contributed by atoms with van der Waals surface area (Å²) in [5.41, 5.74) is 3.22. The van der Waals surface area contributed by atoms with E-state index in [9.17, 15) is 0 Å². The molecule has 3 heterocycles. The highest BCUT2D eigenvalue weighted by molar-refractivity contribution is 8.00. The van der Waals surface area contributed by atoms with Gasteiger partial charge in [-0.05, 0) is 6.07 Å². The molecule has 1 N–H and O–H groups in total. The standard InChI is InChI=1S/C14H16N4S/c1-14(2,3)19-12-9-18-5-4-15-13(18)6-11(12)10-7-16-17-8-10/h4-9H,1-3H3,(H,16,17). The number of thioether (sulfide) groups is 1. The topological polar surface area (TPSA) is 46.0 Å². The van der Waals surface area contributed by atoms with E-state index in [1.807, 2.05) is 36.5 Å². The van der Waals surface area contributed by atoms with Crippen LogP contribution >= 0.6 is 11.8 Å². The molecule has 0 bridgehead atoms. The minimum absolute atomic E-state index is 0.159. The summed E-state index contributed by atoms with van der Waals surface area (Å²) in [6.45, 7) is 6.65. The molecule has 0 atom stereocenters. The number of hydrogen-bond donors (Lipinski definition) is 1. The first kappa shape index (κ1) is 12.3. The first-order valence-electron chi connectivity index (χ1n) is 6.18. The molecule has 0 aliphatic carbocycles. The SMILES string of the molecule is CC(C)(C)Sc1cn2ccnc2cc1-c1cn[nH]c1. The van der Waals surface area contributed by atoms with E-state index >= 15 is 0 Å². The minimum Gasteiger partial charge on any atom is -0.306 e. The van der Waals surface area contributed by atoms with Crippen LogP contribution in [0.4, 0.5) is 0 Å². The molecule has 0 radical (unpaired) electrons. The van der Waals surface area contributed by atoms with E-state index in [1.54, 1.807) is 0 Å². The zero-order valence-electron chi connectivity index (χ0n) is 11.2. The third-order valence-electron chi connectivity index (χ3n) is 2.72. The zero-order valence-corrected chi connectivity index (χ0v) is 12.0. The van der Waals surface area contributed by atoms with Crippen LogP contribution in [0.25, 0.3) is 16.8 Å². The van der Waals surface area contributed by atoms with Crippen LogP contribution in [0.5, 0.6) is 0 Å². The lowest BCUT2D eigenvalue weighted by Gasteiger charge is -2.19. The third-order valence-corrected chi connectivity index (χ3v) is 3.88. The molecule has 0 aromatic carbocycles. The Hall–Kier alpha value is -1.75. The van der Waals surface area contributed by atoms with Gasteiger partial charge in [0.05, 0.1) is 6.20 Å². The Bertz CT molecular complexity index is 692. The zero-order chi connectivity index (χ0) is 13.5. The van der Waals surface area contributed by atoms with Gasteiger partial charge >= 0.3 is 0 Å². The molecule has 0 amide bonds. The Balaban J connectivity index is 2.18. The first-order chi connectivity index (χ1) is 9.03. The van der Waals surface area contributed by atoms with Crippen molar-refractivity contribution in [3.63, 3.8) is 0 Å². The Morgan fingerprint density at radius 3 is 2.84 bits per heavy atom. The van der Waals surface area contributed by atoms with Gasteiger partial charge < -0.3 is 4.40 Å². The molecule has 0 saturated carbocycles. The maximum absolute atomic E-state index is 4.35. The van der Waals surface area contributed by atoms with Crippen LogP contribution in [0.2, 0.25) is 0 Å². The van der Waals surface area contributed by atoms with Gasteiger partial charge in [0.25, 0.3) is 0 Å². The van der Waals surface area contributed by atoms with Gasteiger partial charge in [0, 0.05) is 45.6 Å². The molecule has 98 valence electrons. The number of fused-ring (bicyclic) bond motifs is 1. The summed E-state index contributed by atoms with van der Waals surface area (Å²) in [5, 5.41) is 6.92. The fraction of sp³-hybridized carbons (Fsp3) is 0.286. The maximum Gasteiger partial charge on any atom is 0.137 e. The molecular weight excluding hydrogens is 256 g/mol. The Labute approximate surface area is 116 Å². The number of nitrogens with one attached hydrogen (secondary N) is 1. The summed E-state index contributed by atoms with van der Waals surface area (Å²) in [5.74, 6) is 0. The molecule has 3 aromatic rings. The molecule has 0 aliphatic heterocycles. The van der Waals surface area contributed by atoms with Crippen LogP contribution in [0, 0.1) is 0 Å². The van der Waals surface area contributed by atoms with Crippen LogP contribution < -0.4 is 0 Å². The molecule has 0 fully saturated rings. The van der Waals surface area contributed by atoms with Gasteiger partial charge in [-0.1, -0.05) is 20.8 Å². The number of aromatic nitrogens is 4. The first-order valence-corrected chi connectivity index (χ1v) is 6.99. The van der Waals surface area contributed by atoms with E-state index in [1.165, 1.54) is 10.5 Å². The van der Waals surface area contributed by atoms with Gasteiger partial charge in [-0.3, -0.25) is 5.10 Å². The van der Waals surface area contributed by atoms with Gasteiger partial charge in [0.15, 0.2) is 0 Å². The molecule has 19 heavy (non-hydrogen) atoms. The smallest absolute Gasteiger partial charge is 0.137 e. The summed E-state index contributed by atoms with van der Waals surface area (Å²) in [4.78, 5) is 5.59. The van der Waals surface area contributed by atoms with E-state index in [2.05, 4.69) is 52.6 Å². The van der Waals surface area contributed by atoms with E-state index in [-0.39, 0.29) is 4.75 Å². The molecule has 5 heteroatoms. The summed E-state index contributed by atoms with van der Waals surface area (Å²) in [6, 6.07) is 2.11. The Kier molecular flexibility index (Phi) is 2.86. The lowest BCUT2D eigenvalue weighted by molar-refractivity contribution is 0.802. The molecule has 0 unspecified atom stereocenters. The lowest BCUT2D eigenvalue weighted by atomic mass is 10.1. The van der Waals surface area contributed by atoms with Crippen molar-refractivity contribution in [2.75, 3.05) is 0 Å². The predicted molar refractivity (Wildman–Crippen MR) is 78.4 cm³/mol. The molecule has 4 nitrogen and oxygen atoms in total. The number of nitrogens with zero attached hydrogens (tertiary/aromatic N) is 3. The number of aromatic amines is 1. The monoisotopic (exact) mass is 272 g/mol. The second kappa shape index (κ2) is 4.42. The van der Waals surface area contributed by atoms with E-state index in [4.69, 9.17) is 0 Å². The van der Waals surface area contributed by atoms with E-state index < -0.39 is 0 Å². The van der Waals surface area contributed by atoms with Crippen LogP contribution in [0.1, 0.15) is 20.8 Å². The largest absolute Gasteiger partial charge is 0.306 e. The molecule has 0 aliphatic rings. The molecule has 3 aromatic heterocycles. The van der Waals surface area contributed by atoms with Gasteiger partial charge in [-0.15, -0.1) is 11.8 Å². The van der Waals surface area contributed by atoms with Crippen LogP contribution in [-0.2, 0) is 0 Å². The van der Waals surface area contributed by atoms with Gasteiger partial charge in [-0.25, -0.2) is 4.98 Å². The number of rotatable bonds is 2. The van der Waals surface area contributed by atoms with Crippen molar-refractivity contribution in [2.24, 2.45) is 0 Å². The second-order valence-electron chi connectivity index (χ2n) is 5.45. The highest BCUT2D eigenvalue weighted by atomic mass is 32.2. The van der Waals surface area contributed by atoms with Crippen molar-refractivity contribution in [2.45, 2.75) is 30.4 Å². The van der Waals surface area contributed by atoms with Gasteiger partial charge in [0.2, 0.25) is 0 Å². The molecule has 3 rings (SSSR count). The average molecular weight is 272 g/mol. The van der Waals surface area contributed by atoms with Crippen molar-refractivity contribution in [1.29, 1.82) is 0 Å². The Morgan fingerprint density at radius 2 is 2.16 bits per heavy atom.